The molecule has 0 aromatic carbocycles. The molecule has 0 aliphatic carbocycles. The molecular weight excluding hydrogens is 240 g/mol. The van der Waals surface area contributed by atoms with Gasteiger partial charge in [0.1, 0.15) is 17.3 Å². The minimum atomic E-state index is -0.0466. The Hall–Kier alpha value is -1.68. The number of aryl methyl sites for hydroxylation is 2. The molecule has 0 spiro atoms. The highest BCUT2D eigenvalue weighted by atomic mass is 16.3. The third-order valence-electron chi connectivity index (χ3n) is 3.20. The van der Waals surface area contributed by atoms with Gasteiger partial charge in [-0.25, -0.2) is 9.97 Å². The molecule has 2 heterocycles. The number of nitrogens with zero attached hydrogens (tertiary/aromatic N) is 2. The standard InChI is InChI=1S/C15H20N2O2/c1-9(2)12(8-18)15-16-10(3)7-13(17-15)14-6-5-11(4)19-14/h5-7,9,12,18H,8H2,1-4H3. The predicted octanol–water partition coefficient (Wildman–Crippen LogP) is 3.09. The number of aliphatic hydroxyl groups excluding tert-OH is 1. The van der Waals surface area contributed by atoms with E-state index in [0.717, 1.165) is 22.9 Å². The molecule has 2 aromatic heterocycles. The molecule has 0 amide bonds. The number of aromatic nitrogens is 2. The van der Waals surface area contributed by atoms with Crippen LogP contribution in [-0.2, 0) is 0 Å². The van der Waals surface area contributed by atoms with Crippen LogP contribution in [0.1, 0.15) is 37.0 Å². The van der Waals surface area contributed by atoms with Crippen LogP contribution in [0, 0.1) is 19.8 Å². The van der Waals surface area contributed by atoms with Gasteiger partial charge in [0, 0.05) is 11.6 Å². The second-order valence-corrected chi connectivity index (χ2v) is 5.20. The number of furan rings is 1. The van der Waals surface area contributed by atoms with Crippen LogP contribution >= 0.6 is 0 Å². The van der Waals surface area contributed by atoms with Crippen molar-refractivity contribution in [3.8, 4) is 11.5 Å². The molecular formula is C15H20N2O2. The first-order chi connectivity index (χ1) is 9.01. The summed E-state index contributed by atoms with van der Waals surface area (Å²) in [6, 6.07) is 5.72. The van der Waals surface area contributed by atoms with Gasteiger partial charge in [-0.05, 0) is 38.0 Å². The van der Waals surface area contributed by atoms with E-state index in [1.165, 1.54) is 0 Å². The summed E-state index contributed by atoms with van der Waals surface area (Å²) < 4.78 is 5.60. The average molecular weight is 260 g/mol. The molecule has 0 bridgehead atoms. The zero-order valence-electron chi connectivity index (χ0n) is 11.8. The fourth-order valence-electron chi connectivity index (χ4n) is 2.05. The van der Waals surface area contributed by atoms with Crippen molar-refractivity contribution >= 4 is 0 Å². The van der Waals surface area contributed by atoms with E-state index in [1.54, 1.807) is 0 Å². The lowest BCUT2D eigenvalue weighted by molar-refractivity contribution is 0.231. The SMILES string of the molecule is Cc1cc(-c2ccc(C)o2)nc(C(CO)C(C)C)n1. The van der Waals surface area contributed by atoms with Crippen LogP contribution in [0.15, 0.2) is 22.6 Å². The van der Waals surface area contributed by atoms with E-state index in [9.17, 15) is 5.11 Å². The maximum absolute atomic E-state index is 9.50. The molecule has 0 fully saturated rings. The van der Waals surface area contributed by atoms with Crippen molar-refractivity contribution < 1.29 is 9.52 Å². The molecule has 1 atom stereocenters. The molecule has 0 aliphatic heterocycles. The minimum Gasteiger partial charge on any atom is -0.460 e. The van der Waals surface area contributed by atoms with Gasteiger partial charge in [-0.1, -0.05) is 13.8 Å². The van der Waals surface area contributed by atoms with Crippen LogP contribution in [0.25, 0.3) is 11.5 Å². The van der Waals surface area contributed by atoms with E-state index in [4.69, 9.17) is 4.42 Å². The van der Waals surface area contributed by atoms with Gasteiger partial charge in [0.25, 0.3) is 0 Å². The zero-order valence-corrected chi connectivity index (χ0v) is 11.8. The Morgan fingerprint density at radius 2 is 1.95 bits per heavy atom. The Labute approximate surface area is 113 Å². The average Bonchev–Trinajstić information content (AvgIpc) is 2.75. The highest BCUT2D eigenvalue weighted by molar-refractivity contribution is 5.52. The third kappa shape index (κ3) is 3.01. The van der Waals surface area contributed by atoms with E-state index in [-0.39, 0.29) is 18.4 Å². The first-order valence-electron chi connectivity index (χ1n) is 6.54. The van der Waals surface area contributed by atoms with Crippen molar-refractivity contribution in [2.45, 2.75) is 33.6 Å². The lowest BCUT2D eigenvalue weighted by atomic mass is 9.96. The third-order valence-corrected chi connectivity index (χ3v) is 3.20. The van der Waals surface area contributed by atoms with E-state index in [1.807, 2.05) is 32.0 Å². The summed E-state index contributed by atoms with van der Waals surface area (Å²) in [4.78, 5) is 8.99. The van der Waals surface area contributed by atoms with Gasteiger partial charge in [-0.15, -0.1) is 0 Å². The van der Waals surface area contributed by atoms with E-state index in [0.29, 0.717) is 5.82 Å². The summed E-state index contributed by atoms with van der Waals surface area (Å²) in [7, 11) is 0. The predicted molar refractivity (Wildman–Crippen MR) is 73.9 cm³/mol. The Morgan fingerprint density at radius 3 is 2.47 bits per heavy atom. The number of hydrogen-bond donors (Lipinski definition) is 1. The van der Waals surface area contributed by atoms with Gasteiger partial charge in [-0.3, -0.25) is 0 Å². The molecule has 0 saturated heterocycles. The van der Waals surface area contributed by atoms with Gasteiger partial charge in [0.15, 0.2) is 5.76 Å². The highest BCUT2D eigenvalue weighted by Crippen LogP contribution is 2.25. The van der Waals surface area contributed by atoms with Crippen molar-refractivity contribution in [2.75, 3.05) is 6.61 Å². The van der Waals surface area contributed by atoms with Crippen LogP contribution in [0.4, 0.5) is 0 Å². The second-order valence-electron chi connectivity index (χ2n) is 5.20. The van der Waals surface area contributed by atoms with Crippen LogP contribution in [0.5, 0.6) is 0 Å². The van der Waals surface area contributed by atoms with Crippen molar-refractivity contribution in [3.05, 3.63) is 35.5 Å². The number of aliphatic hydroxyl groups is 1. The van der Waals surface area contributed by atoms with E-state index in [2.05, 4.69) is 23.8 Å². The van der Waals surface area contributed by atoms with Crippen LogP contribution in [-0.4, -0.2) is 21.7 Å². The fourth-order valence-corrected chi connectivity index (χ4v) is 2.05. The summed E-state index contributed by atoms with van der Waals surface area (Å²) in [6.45, 7) is 8.01. The van der Waals surface area contributed by atoms with Gasteiger partial charge >= 0.3 is 0 Å². The molecule has 1 unspecified atom stereocenters. The summed E-state index contributed by atoms with van der Waals surface area (Å²) >= 11 is 0. The van der Waals surface area contributed by atoms with Crippen molar-refractivity contribution in [1.82, 2.24) is 9.97 Å². The van der Waals surface area contributed by atoms with Crippen molar-refractivity contribution in [1.29, 1.82) is 0 Å². The fraction of sp³-hybridized carbons (Fsp3) is 0.467. The second kappa shape index (κ2) is 5.53. The molecule has 0 radical (unpaired) electrons. The number of rotatable bonds is 4. The Bertz CT molecular complexity index is 561. The van der Waals surface area contributed by atoms with Gasteiger partial charge < -0.3 is 9.52 Å². The Kier molecular flexibility index (Phi) is 4.00. The van der Waals surface area contributed by atoms with Crippen LogP contribution < -0.4 is 0 Å². The largest absolute Gasteiger partial charge is 0.460 e. The first kappa shape index (κ1) is 13.7. The molecule has 2 rings (SSSR count). The Morgan fingerprint density at radius 1 is 1.21 bits per heavy atom. The highest BCUT2D eigenvalue weighted by Gasteiger charge is 2.19. The first-order valence-corrected chi connectivity index (χ1v) is 6.54. The Balaban J connectivity index is 2.45. The van der Waals surface area contributed by atoms with Gasteiger partial charge in [-0.2, -0.15) is 0 Å². The molecule has 1 N–H and O–H groups in total. The van der Waals surface area contributed by atoms with Gasteiger partial charge in [0.2, 0.25) is 0 Å². The maximum Gasteiger partial charge on any atom is 0.152 e. The van der Waals surface area contributed by atoms with E-state index < -0.39 is 0 Å². The zero-order chi connectivity index (χ0) is 14.0. The molecule has 0 aliphatic rings. The summed E-state index contributed by atoms with van der Waals surface area (Å²) in [6.07, 6.45) is 0. The van der Waals surface area contributed by atoms with E-state index >= 15 is 0 Å². The van der Waals surface area contributed by atoms with Gasteiger partial charge in [0.05, 0.1) is 6.61 Å². The van der Waals surface area contributed by atoms with Crippen LogP contribution in [0.3, 0.4) is 0 Å². The molecule has 4 heteroatoms. The smallest absolute Gasteiger partial charge is 0.152 e. The van der Waals surface area contributed by atoms with Crippen molar-refractivity contribution in [3.63, 3.8) is 0 Å². The maximum atomic E-state index is 9.50. The lowest BCUT2D eigenvalue weighted by Gasteiger charge is -2.17. The lowest BCUT2D eigenvalue weighted by Crippen LogP contribution is -2.15. The normalized spacial score (nSPS) is 12.9. The topological polar surface area (TPSA) is 59.2 Å². The quantitative estimate of drug-likeness (QED) is 0.917. The molecule has 19 heavy (non-hydrogen) atoms. The molecule has 102 valence electrons. The minimum absolute atomic E-state index is 0.0466. The summed E-state index contributed by atoms with van der Waals surface area (Å²) in [5.41, 5.74) is 1.66. The molecule has 2 aromatic rings. The van der Waals surface area contributed by atoms with Crippen molar-refractivity contribution in [2.24, 2.45) is 5.92 Å². The summed E-state index contributed by atoms with van der Waals surface area (Å²) in [5.74, 6) is 2.52. The molecule has 4 nitrogen and oxygen atoms in total. The number of hydrogen-bond acceptors (Lipinski definition) is 4. The molecule has 0 saturated carbocycles. The monoisotopic (exact) mass is 260 g/mol. The summed E-state index contributed by atoms with van der Waals surface area (Å²) in [5, 5.41) is 9.50. The van der Waals surface area contributed by atoms with Crippen LogP contribution in [0.2, 0.25) is 0 Å².